The Bertz CT molecular complexity index is 1230. The van der Waals surface area contributed by atoms with Gasteiger partial charge in [0.25, 0.3) is 12.4 Å². The van der Waals surface area contributed by atoms with Crippen LogP contribution in [0.5, 0.6) is 0 Å². The average Bonchev–Trinajstić information content (AvgIpc) is 3.45. The van der Waals surface area contributed by atoms with Gasteiger partial charge in [0.05, 0.1) is 12.6 Å². The number of pyridine rings is 1. The summed E-state index contributed by atoms with van der Waals surface area (Å²) >= 11 is 0. The van der Waals surface area contributed by atoms with Crippen LogP contribution in [0, 0.1) is 5.92 Å². The number of benzene rings is 1. The fraction of sp³-hybridized carbons (Fsp3) is 0.273. The second kappa shape index (κ2) is 8.96. The fourth-order valence-corrected chi connectivity index (χ4v) is 3.93. The van der Waals surface area contributed by atoms with Gasteiger partial charge in [0, 0.05) is 23.9 Å². The zero-order valence-corrected chi connectivity index (χ0v) is 17.7. The van der Waals surface area contributed by atoms with Crippen LogP contribution in [-0.4, -0.2) is 58.3 Å². The Morgan fingerprint density at radius 2 is 1.94 bits per heavy atom. The molecule has 0 spiro atoms. The first kappa shape index (κ1) is 21.2. The van der Waals surface area contributed by atoms with E-state index < -0.39 is 0 Å². The van der Waals surface area contributed by atoms with E-state index in [2.05, 4.69) is 23.9 Å². The molecular weight excluding hydrogens is 410 g/mol. The number of nitrogens with zero attached hydrogens (tertiary/aromatic N) is 7. The van der Waals surface area contributed by atoms with Crippen LogP contribution in [0.1, 0.15) is 36.1 Å². The van der Waals surface area contributed by atoms with Crippen molar-refractivity contribution in [3.63, 3.8) is 0 Å². The Balaban J connectivity index is 0.000000775. The number of carboxylic acid groups (broad SMARTS) is 1. The molecule has 3 aromatic heterocycles. The van der Waals surface area contributed by atoms with Gasteiger partial charge < -0.3 is 10.0 Å². The summed E-state index contributed by atoms with van der Waals surface area (Å²) in [6.45, 7) is 5.18. The van der Waals surface area contributed by atoms with Crippen LogP contribution in [0.2, 0.25) is 0 Å². The Kier molecular flexibility index (Phi) is 5.93. The minimum absolute atomic E-state index is 0.0234. The molecule has 0 radical (unpaired) electrons. The molecule has 0 saturated carbocycles. The van der Waals surface area contributed by atoms with Gasteiger partial charge in [0.15, 0.2) is 17.3 Å². The molecule has 0 saturated heterocycles. The zero-order valence-electron chi connectivity index (χ0n) is 17.7. The van der Waals surface area contributed by atoms with Crippen molar-refractivity contribution in [1.82, 2.24) is 34.3 Å². The molecule has 4 heterocycles. The van der Waals surface area contributed by atoms with E-state index in [1.807, 2.05) is 39.9 Å². The lowest BCUT2D eigenvalue weighted by molar-refractivity contribution is -0.122. The number of carbonyl (C=O) groups excluding carboxylic acids is 1. The molecule has 1 aliphatic rings. The summed E-state index contributed by atoms with van der Waals surface area (Å²) < 4.78 is 3.59. The van der Waals surface area contributed by atoms with Crippen molar-refractivity contribution in [2.24, 2.45) is 5.92 Å². The molecular formula is C22H23N7O3. The highest BCUT2D eigenvalue weighted by Gasteiger charge is 2.36. The first-order valence-electron chi connectivity index (χ1n) is 10.2. The summed E-state index contributed by atoms with van der Waals surface area (Å²) in [5.41, 5.74) is 2.24. The van der Waals surface area contributed by atoms with Crippen molar-refractivity contribution in [2.75, 3.05) is 6.54 Å². The normalized spacial score (nSPS) is 15.2. The molecule has 10 heteroatoms. The van der Waals surface area contributed by atoms with Crippen LogP contribution in [0.3, 0.4) is 0 Å². The second-order valence-corrected chi connectivity index (χ2v) is 7.65. The topological polar surface area (TPSA) is 119 Å². The highest BCUT2D eigenvalue weighted by Crippen LogP contribution is 2.33. The second-order valence-electron chi connectivity index (χ2n) is 7.65. The third kappa shape index (κ3) is 3.94. The maximum Gasteiger partial charge on any atom is 0.290 e. The predicted molar refractivity (Wildman–Crippen MR) is 116 cm³/mol. The summed E-state index contributed by atoms with van der Waals surface area (Å²) in [7, 11) is 0. The lowest BCUT2D eigenvalue weighted by atomic mass is 9.99. The summed E-state index contributed by atoms with van der Waals surface area (Å²) in [5.74, 6) is 1.71. The van der Waals surface area contributed by atoms with Gasteiger partial charge >= 0.3 is 0 Å². The van der Waals surface area contributed by atoms with Crippen molar-refractivity contribution < 1.29 is 14.7 Å². The van der Waals surface area contributed by atoms with Crippen LogP contribution in [0.25, 0.3) is 17.0 Å². The van der Waals surface area contributed by atoms with Crippen LogP contribution >= 0.6 is 0 Å². The number of amides is 1. The van der Waals surface area contributed by atoms with Crippen LogP contribution < -0.4 is 0 Å². The lowest BCUT2D eigenvalue weighted by Crippen LogP contribution is -2.44. The lowest BCUT2D eigenvalue weighted by Gasteiger charge is -2.37. The third-order valence-corrected chi connectivity index (χ3v) is 5.31. The van der Waals surface area contributed by atoms with Crippen molar-refractivity contribution in [3.8, 4) is 11.4 Å². The first-order chi connectivity index (χ1) is 15.5. The van der Waals surface area contributed by atoms with Crippen molar-refractivity contribution in [3.05, 3.63) is 66.4 Å². The van der Waals surface area contributed by atoms with Gasteiger partial charge in [-0.1, -0.05) is 44.2 Å². The number of rotatable bonds is 3. The maximum absolute atomic E-state index is 13.4. The number of carbonyl (C=O) groups is 2. The number of aromatic nitrogens is 6. The third-order valence-electron chi connectivity index (χ3n) is 5.31. The largest absolute Gasteiger partial charge is 0.483 e. The highest BCUT2D eigenvalue weighted by molar-refractivity contribution is 5.95. The number of hydrogen-bond acceptors (Lipinski definition) is 6. The van der Waals surface area contributed by atoms with E-state index in [1.54, 1.807) is 22.8 Å². The predicted octanol–water partition coefficient (Wildman–Crippen LogP) is 2.54. The average molecular weight is 433 g/mol. The van der Waals surface area contributed by atoms with E-state index in [0.29, 0.717) is 30.1 Å². The molecule has 5 rings (SSSR count). The summed E-state index contributed by atoms with van der Waals surface area (Å²) in [6, 6.07) is 13.4. The molecule has 1 N–H and O–H groups in total. The molecule has 1 atom stereocenters. The van der Waals surface area contributed by atoms with E-state index in [9.17, 15) is 4.79 Å². The smallest absolute Gasteiger partial charge is 0.290 e. The fourth-order valence-electron chi connectivity index (χ4n) is 3.93. The van der Waals surface area contributed by atoms with Crippen LogP contribution in [0.4, 0.5) is 0 Å². The monoisotopic (exact) mass is 433 g/mol. The molecule has 32 heavy (non-hydrogen) atoms. The SMILES string of the molecule is CC(C)[C@H]1c2nc(-c3ccccc3)nn2CCN1C(=O)c1ccn2ncnc2c1.O=CO. The van der Waals surface area contributed by atoms with Crippen molar-refractivity contribution >= 4 is 18.0 Å². The Morgan fingerprint density at radius 1 is 1.19 bits per heavy atom. The van der Waals surface area contributed by atoms with Crippen molar-refractivity contribution in [2.45, 2.75) is 26.4 Å². The van der Waals surface area contributed by atoms with Gasteiger partial charge in [-0.3, -0.25) is 9.59 Å². The van der Waals surface area contributed by atoms with E-state index in [4.69, 9.17) is 20.0 Å². The van der Waals surface area contributed by atoms with E-state index in [1.165, 1.54) is 6.33 Å². The van der Waals surface area contributed by atoms with E-state index in [-0.39, 0.29) is 24.3 Å². The Hall–Kier alpha value is -4.08. The molecule has 164 valence electrons. The van der Waals surface area contributed by atoms with Gasteiger partial charge in [-0.05, 0) is 18.1 Å². The molecule has 0 fully saturated rings. The molecule has 1 amide bonds. The molecule has 0 unspecified atom stereocenters. The van der Waals surface area contributed by atoms with Crippen LogP contribution in [-0.2, 0) is 11.3 Å². The quantitative estimate of drug-likeness (QED) is 0.493. The molecule has 10 nitrogen and oxygen atoms in total. The number of hydrogen-bond donors (Lipinski definition) is 1. The minimum Gasteiger partial charge on any atom is -0.483 e. The van der Waals surface area contributed by atoms with Gasteiger partial charge in [0.2, 0.25) is 0 Å². The number of fused-ring (bicyclic) bond motifs is 2. The first-order valence-corrected chi connectivity index (χ1v) is 10.2. The van der Waals surface area contributed by atoms with E-state index in [0.717, 1.165) is 11.4 Å². The van der Waals surface area contributed by atoms with Gasteiger partial charge in [0.1, 0.15) is 6.33 Å². The van der Waals surface area contributed by atoms with Crippen molar-refractivity contribution in [1.29, 1.82) is 0 Å². The molecule has 0 bridgehead atoms. The van der Waals surface area contributed by atoms with Gasteiger partial charge in [-0.25, -0.2) is 19.2 Å². The van der Waals surface area contributed by atoms with Crippen LogP contribution in [0.15, 0.2) is 55.0 Å². The Labute approximate surface area is 184 Å². The highest BCUT2D eigenvalue weighted by atomic mass is 16.3. The molecule has 1 aromatic carbocycles. The zero-order chi connectivity index (χ0) is 22.7. The summed E-state index contributed by atoms with van der Waals surface area (Å²) in [4.78, 5) is 32.7. The van der Waals surface area contributed by atoms with E-state index >= 15 is 0 Å². The van der Waals surface area contributed by atoms with Gasteiger partial charge in [-0.15, -0.1) is 0 Å². The molecule has 1 aliphatic heterocycles. The standard InChI is InChI=1S/C21H21N7O.CH2O2/c1-14(2)18-20-24-19(15-6-4-3-5-7-15)25-28(20)11-10-26(18)21(29)16-8-9-27-17(12-16)22-13-23-27;2-1-3/h3-9,12-14,18H,10-11H2,1-2H3;1H,(H,2,3)/t18-;/m0./s1. The summed E-state index contributed by atoms with van der Waals surface area (Å²) in [6.07, 6.45) is 3.24. The summed E-state index contributed by atoms with van der Waals surface area (Å²) in [5, 5.41) is 15.7. The molecule has 4 aromatic rings. The van der Waals surface area contributed by atoms with Gasteiger partial charge in [-0.2, -0.15) is 10.2 Å². The minimum atomic E-state index is -0.250. The Morgan fingerprint density at radius 3 is 2.66 bits per heavy atom. The molecule has 0 aliphatic carbocycles. The maximum atomic E-state index is 13.4.